The summed E-state index contributed by atoms with van der Waals surface area (Å²) in [7, 11) is 0. The number of hydrogen-bond donors (Lipinski definition) is 1. The minimum absolute atomic E-state index is 0.492. The Morgan fingerprint density at radius 3 is 2.47 bits per heavy atom. The molecule has 19 heavy (non-hydrogen) atoms. The Morgan fingerprint density at radius 1 is 0.895 bits per heavy atom. The van der Waals surface area contributed by atoms with Gasteiger partial charge in [-0.2, -0.15) is 0 Å². The van der Waals surface area contributed by atoms with Crippen LogP contribution in [0.1, 0.15) is 17.2 Å². The SMILES string of the molecule is OC(Cc1cccc2ccccc12)c1ccncc1. The molecular weight excluding hydrogens is 234 g/mol. The summed E-state index contributed by atoms with van der Waals surface area (Å²) < 4.78 is 0. The first-order valence-corrected chi connectivity index (χ1v) is 6.39. The average molecular weight is 249 g/mol. The summed E-state index contributed by atoms with van der Waals surface area (Å²) in [6.07, 6.45) is 3.54. The maximum absolute atomic E-state index is 10.3. The monoisotopic (exact) mass is 249 g/mol. The molecule has 2 heteroatoms. The molecule has 0 radical (unpaired) electrons. The quantitative estimate of drug-likeness (QED) is 0.770. The molecule has 0 saturated heterocycles. The summed E-state index contributed by atoms with van der Waals surface area (Å²) >= 11 is 0. The van der Waals surface area contributed by atoms with Crippen LogP contribution in [0.3, 0.4) is 0 Å². The molecule has 0 bridgehead atoms. The van der Waals surface area contributed by atoms with E-state index >= 15 is 0 Å². The number of aliphatic hydroxyl groups excluding tert-OH is 1. The van der Waals surface area contributed by atoms with Gasteiger partial charge >= 0.3 is 0 Å². The van der Waals surface area contributed by atoms with Crippen LogP contribution < -0.4 is 0 Å². The Bertz CT molecular complexity index is 674. The third kappa shape index (κ3) is 2.49. The minimum Gasteiger partial charge on any atom is -0.388 e. The molecule has 0 aliphatic heterocycles. The van der Waals surface area contributed by atoms with Gasteiger partial charge in [-0.15, -0.1) is 0 Å². The summed E-state index contributed by atoms with van der Waals surface area (Å²) in [5, 5.41) is 12.7. The fourth-order valence-corrected chi connectivity index (χ4v) is 2.38. The molecule has 1 atom stereocenters. The molecule has 3 aromatic rings. The minimum atomic E-state index is -0.492. The number of nitrogens with zero attached hydrogens (tertiary/aromatic N) is 1. The Hall–Kier alpha value is -2.19. The van der Waals surface area contributed by atoms with Gasteiger partial charge in [-0.1, -0.05) is 42.5 Å². The number of fused-ring (bicyclic) bond motifs is 1. The third-order valence-corrected chi connectivity index (χ3v) is 3.38. The van der Waals surface area contributed by atoms with Crippen molar-refractivity contribution in [2.45, 2.75) is 12.5 Å². The number of hydrogen-bond acceptors (Lipinski definition) is 2. The first-order chi connectivity index (χ1) is 9.34. The molecule has 1 unspecified atom stereocenters. The van der Waals surface area contributed by atoms with E-state index in [1.165, 1.54) is 16.3 Å². The predicted octanol–water partition coefficient (Wildman–Crippen LogP) is 3.51. The van der Waals surface area contributed by atoms with Crippen LogP contribution in [-0.4, -0.2) is 10.1 Å². The molecule has 2 nitrogen and oxygen atoms in total. The molecule has 0 fully saturated rings. The number of rotatable bonds is 3. The van der Waals surface area contributed by atoms with Crippen LogP contribution in [0, 0.1) is 0 Å². The van der Waals surface area contributed by atoms with Gasteiger partial charge in [0.15, 0.2) is 0 Å². The van der Waals surface area contributed by atoms with Gasteiger partial charge in [0.05, 0.1) is 6.10 Å². The maximum Gasteiger partial charge on any atom is 0.0831 e. The van der Waals surface area contributed by atoms with Crippen molar-refractivity contribution in [3.05, 3.63) is 78.1 Å². The molecule has 0 saturated carbocycles. The zero-order chi connectivity index (χ0) is 13.1. The van der Waals surface area contributed by atoms with E-state index in [2.05, 4.69) is 29.2 Å². The lowest BCUT2D eigenvalue weighted by Crippen LogP contribution is -2.02. The molecule has 0 aliphatic rings. The van der Waals surface area contributed by atoms with E-state index in [0.717, 1.165) is 5.56 Å². The van der Waals surface area contributed by atoms with Crippen molar-refractivity contribution in [1.29, 1.82) is 0 Å². The Labute approximate surface area is 112 Å². The van der Waals surface area contributed by atoms with E-state index in [1.54, 1.807) is 12.4 Å². The first-order valence-electron chi connectivity index (χ1n) is 6.39. The second-order valence-corrected chi connectivity index (χ2v) is 4.64. The Balaban J connectivity index is 1.94. The van der Waals surface area contributed by atoms with Crippen molar-refractivity contribution >= 4 is 10.8 Å². The summed E-state index contributed by atoms with van der Waals surface area (Å²) in [6.45, 7) is 0. The van der Waals surface area contributed by atoms with E-state index in [1.807, 2.05) is 30.3 Å². The Morgan fingerprint density at radius 2 is 1.63 bits per heavy atom. The standard InChI is InChI=1S/C17H15NO/c19-17(14-8-10-18-11-9-14)12-15-6-3-5-13-4-1-2-7-16(13)15/h1-11,17,19H,12H2. The normalized spacial score (nSPS) is 12.5. The van der Waals surface area contributed by atoms with E-state index in [0.29, 0.717) is 6.42 Å². The number of aliphatic hydroxyl groups is 1. The van der Waals surface area contributed by atoms with Crippen LogP contribution in [0.5, 0.6) is 0 Å². The van der Waals surface area contributed by atoms with Crippen LogP contribution in [0.25, 0.3) is 10.8 Å². The highest BCUT2D eigenvalue weighted by atomic mass is 16.3. The van der Waals surface area contributed by atoms with Crippen LogP contribution in [0.4, 0.5) is 0 Å². The van der Waals surface area contributed by atoms with Gasteiger partial charge in [0.25, 0.3) is 0 Å². The zero-order valence-electron chi connectivity index (χ0n) is 10.5. The highest BCUT2D eigenvalue weighted by Crippen LogP contribution is 2.24. The van der Waals surface area contributed by atoms with Crippen molar-refractivity contribution in [3.63, 3.8) is 0 Å². The molecule has 1 N–H and O–H groups in total. The van der Waals surface area contributed by atoms with Gasteiger partial charge in [-0.3, -0.25) is 4.98 Å². The van der Waals surface area contributed by atoms with E-state index < -0.39 is 6.10 Å². The lowest BCUT2D eigenvalue weighted by atomic mass is 9.97. The lowest BCUT2D eigenvalue weighted by molar-refractivity contribution is 0.179. The summed E-state index contributed by atoms with van der Waals surface area (Å²) in [6, 6.07) is 18.2. The lowest BCUT2D eigenvalue weighted by Gasteiger charge is -2.12. The van der Waals surface area contributed by atoms with Crippen LogP contribution in [-0.2, 0) is 6.42 Å². The predicted molar refractivity (Wildman–Crippen MR) is 76.8 cm³/mol. The number of aromatic nitrogens is 1. The first kappa shape index (κ1) is 11.9. The van der Waals surface area contributed by atoms with Crippen LogP contribution in [0.2, 0.25) is 0 Å². The largest absolute Gasteiger partial charge is 0.388 e. The van der Waals surface area contributed by atoms with Gasteiger partial charge in [0.1, 0.15) is 0 Å². The number of benzene rings is 2. The van der Waals surface area contributed by atoms with Gasteiger partial charge in [-0.05, 0) is 34.0 Å². The van der Waals surface area contributed by atoms with Crippen molar-refractivity contribution in [1.82, 2.24) is 4.98 Å². The van der Waals surface area contributed by atoms with Gasteiger partial charge in [0, 0.05) is 18.8 Å². The van der Waals surface area contributed by atoms with Gasteiger partial charge in [0.2, 0.25) is 0 Å². The van der Waals surface area contributed by atoms with Gasteiger partial charge < -0.3 is 5.11 Å². The smallest absolute Gasteiger partial charge is 0.0831 e. The maximum atomic E-state index is 10.3. The van der Waals surface area contributed by atoms with Crippen molar-refractivity contribution in [2.75, 3.05) is 0 Å². The molecule has 94 valence electrons. The fourth-order valence-electron chi connectivity index (χ4n) is 2.38. The summed E-state index contributed by atoms with van der Waals surface area (Å²) in [5.41, 5.74) is 2.07. The number of pyridine rings is 1. The summed E-state index contributed by atoms with van der Waals surface area (Å²) in [4.78, 5) is 3.97. The third-order valence-electron chi connectivity index (χ3n) is 3.38. The second kappa shape index (κ2) is 5.21. The second-order valence-electron chi connectivity index (χ2n) is 4.64. The highest BCUT2D eigenvalue weighted by molar-refractivity contribution is 5.85. The van der Waals surface area contributed by atoms with Crippen LogP contribution in [0.15, 0.2) is 67.0 Å². The molecule has 3 rings (SSSR count). The molecule has 1 heterocycles. The van der Waals surface area contributed by atoms with Crippen molar-refractivity contribution < 1.29 is 5.11 Å². The molecule has 2 aromatic carbocycles. The van der Waals surface area contributed by atoms with Crippen LogP contribution >= 0.6 is 0 Å². The zero-order valence-corrected chi connectivity index (χ0v) is 10.5. The molecule has 0 spiro atoms. The Kier molecular flexibility index (Phi) is 3.25. The summed E-state index contributed by atoms with van der Waals surface area (Å²) in [5.74, 6) is 0. The highest BCUT2D eigenvalue weighted by Gasteiger charge is 2.10. The van der Waals surface area contributed by atoms with E-state index in [4.69, 9.17) is 0 Å². The van der Waals surface area contributed by atoms with Crippen molar-refractivity contribution in [2.24, 2.45) is 0 Å². The van der Waals surface area contributed by atoms with Crippen molar-refractivity contribution in [3.8, 4) is 0 Å². The molecular formula is C17H15NO. The topological polar surface area (TPSA) is 33.1 Å². The molecule has 1 aromatic heterocycles. The fraction of sp³-hybridized carbons (Fsp3) is 0.118. The molecule has 0 aliphatic carbocycles. The van der Waals surface area contributed by atoms with Gasteiger partial charge in [-0.25, -0.2) is 0 Å². The molecule has 0 amide bonds. The van der Waals surface area contributed by atoms with E-state index in [-0.39, 0.29) is 0 Å². The van der Waals surface area contributed by atoms with E-state index in [9.17, 15) is 5.11 Å². The average Bonchev–Trinajstić information content (AvgIpc) is 2.48.